The second kappa shape index (κ2) is 4.68. The van der Waals surface area contributed by atoms with Crippen LogP contribution in [-0.2, 0) is 11.8 Å². The molecule has 2 unspecified atom stereocenters. The molecule has 2 aliphatic rings. The zero-order chi connectivity index (χ0) is 13.4. The van der Waals surface area contributed by atoms with Gasteiger partial charge in [-0.25, -0.2) is 0 Å². The first kappa shape index (κ1) is 12.2. The molecule has 6 heteroatoms. The largest absolute Gasteiger partial charge is 0.350 e. The van der Waals surface area contributed by atoms with Gasteiger partial charge in [0.25, 0.3) is 5.91 Å². The highest BCUT2D eigenvalue weighted by Crippen LogP contribution is 2.26. The fourth-order valence-corrected chi connectivity index (χ4v) is 3.13. The van der Waals surface area contributed by atoms with Crippen LogP contribution in [0.2, 0.25) is 0 Å². The highest BCUT2D eigenvalue weighted by atomic mass is 16.2. The van der Waals surface area contributed by atoms with Crippen LogP contribution in [0.3, 0.4) is 0 Å². The lowest BCUT2D eigenvalue weighted by Gasteiger charge is -2.43. The number of hydrogen-bond acceptors (Lipinski definition) is 3. The van der Waals surface area contributed by atoms with E-state index in [9.17, 15) is 9.59 Å². The lowest BCUT2D eigenvalue weighted by atomic mass is 9.87. The molecule has 0 radical (unpaired) electrons. The van der Waals surface area contributed by atoms with Gasteiger partial charge in [-0.05, 0) is 18.9 Å². The molecule has 2 amide bonds. The summed E-state index contributed by atoms with van der Waals surface area (Å²) < 4.78 is 1.56. The summed E-state index contributed by atoms with van der Waals surface area (Å²) >= 11 is 0. The van der Waals surface area contributed by atoms with E-state index in [-0.39, 0.29) is 30.4 Å². The van der Waals surface area contributed by atoms with Crippen molar-refractivity contribution in [1.29, 1.82) is 0 Å². The molecule has 1 N–H and O–H groups in total. The van der Waals surface area contributed by atoms with Crippen LogP contribution in [0.4, 0.5) is 0 Å². The molecule has 6 nitrogen and oxygen atoms in total. The Balaban J connectivity index is 1.87. The van der Waals surface area contributed by atoms with Crippen LogP contribution in [-0.4, -0.2) is 45.1 Å². The summed E-state index contributed by atoms with van der Waals surface area (Å²) in [5, 5.41) is 7.03. The maximum atomic E-state index is 12.6. The maximum absolute atomic E-state index is 12.6. The molecule has 1 aromatic heterocycles. The van der Waals surface area contributed by atoms with E-state index in [1.54, 1.807) is 28.9 Å². The Hall–Kier alpha value is -1.85. The molecular weight excluding hydrogens is 244 g/mol. The number of rotatable bonds is 1. The normalized spacial score (nSPS) is 26.8. The third kappa shape index (κ3) is 2.11. The van der Waals surface area contributed by atoms with Gasteiger partial charge in [0.05, 0.1) is 6.04 Å². The zero-order valence-corrected chi connectivity index (χ0v) is 11.0. The molecule has 0 bridgehead atoms. The van der Waals surface area contributed by atoms with Gasteiger partial charge >= 0.3 is 0 Å². The minimum atomic E-state index is -0.0910. The summed E-state index contributed by atoms with van der Waals surface area (Å²) in [4.78, 5) is 26.0. The van der Waals surface area contributed by atoms with Crippen molar-refractivity contribution in [2.24, 2.45) is 7.05 Å². The Morgan fingerprint density at radius 1 is 1.42 bits per heavy atom. The highest BCUT2D eigenvalue weighted by molar-refractivity contribution is 5.96. The third-order valence-electron chi connectivity index (χ3n) is 4.09. The van der Waals surface area contributed by atoms with Crippen molar-refractivity contribution < 1.29 is 9.59 Å². The average molecular weight is 262 g/mol. The number of aryl methyl sites for hydroxylation is 1. The summed E-state index contributed by atoms with van der Waals surface area (Å²) in [6.45, 7) is 0.158. The van der Waals surface area contributed by atoms with Crippen molar-refractivity contribution >= 4 is 11.8 Å². The van der Waals surface area contributed by atoms with E-state index in [1.165, 1.54) is 0 Å². The predicted octanol–water partition coefficient (Wildman–Crippen LogP) is 0.303. The van der Waals surface area contributed by atoms with E-state index in [0.717, 1.165) is 25.7 Å². The Morgan fingerprint density at radius 2 is 2.21 bits per heavy atom. The molecule has 19 heavy (non-hydrogen) atoms. The van der Waals surface area contributed by atoms with Gasteiger partial charge in [-0.2, -0.15) is 5.10 Å². The van der Waals surface area contributed by atoms with Crippen molar-refractivity contribution in [3.63, 3.8) is 0 Å². The second-order valence-electron chi connectivity index (χ2n) is 5.30. The first-order valence-electron chi connectivity index (χ1n) is 6.75. The van der Waals surface area contributed by atoms with Crippen LogP contribution >= 0.6 is 0 Å². The van der Waals surface area contributed by atoms with E-state index < -0.39 is 0 Å². The molecule has 0 aromatic carbocycles. The van der Waals surface area contributed by atoms with Crippen LogP contribution < -0.4 is 5.32 Å². The van der Waals surface area contributed by atoms with Gasteiger partial charge < -0.3 is 10.2 Å². The zero-order valence-electron chi connectivity index (χ0n) is 11.0. The maximum Gasteiger partial charge on any atom is 0.272 e. The molecule has 1 aromatic rings. The minimum absolute atomic E-state index is 0.0568. The number of nitrogens with one attached hydrogen (secondary N) is 1. The van der Waals surface area contributed by atoms with Gasteiger partial charge in [0, 0.05) is 19.3 Å². The summed E-state index contributed by atoms with van der Waals surface area (Å²) in [7, 11) is 1.75. The highest BCUT2D eigenvalue weighted by Gasteiger charge is 2.39. The van der Waals surface area contributed by atoms with Gasteiger partial charge in [0.15, 0.2) is 0 Å². The van der Waals surface area contributed by atoms with Crippen molar-refractivity contribution in [3.8, 4) is 0 Å². The first-order valence-corrected chi connectivity index (χ1v) is 6.75. The average Bonchev–Trinajstić information content (AvgIpc) is 2.83. The molecule has 1 aliphatic carbocycles. The number of aromatic nitrogens is 2. The van der Waals surface area contributed by atoms with E-state index in [2.05, 4.69) is 10.4 Å². The van der Waals surface area contributed by atoms with Crippen LogP contribution in [0, 0.1) is 0 Å². The van der Waals surface area contributed by atoms with E-state index in [4.69, 9.17) is 0 Å². The molecule has 0 spiro atoms. The standard InChI is InChI=1S/C13H18N4O2/c1-16-11(6-7-14-16)13(19)17-8-12(18)15-9-4-2-3-5-10(9)17/h6-7,9-10H,2-5,8H2,1H3,(H,15,18). The van der Waals surface area contributed by atoms with Crippen molar-refractivity contribution in [2.75, 3.05) is 6.54 Å². The van der Waals surface area contributed by atoms with Gasteiger partial charge in [-0.1, -0.05) is 12.8 Å². The number of carbonyl (C=O) groups excluding carboxylic acids is 2. The van der Waals surface area contributed by atoms with Crippen LogP contribution in [0.15, 0.2) is 12.3 Å². The molecule has 1 aliphatic heterocycles. The monoisotopic (exact) mass is 262 g/mol. The van der Waals surface area contributed by atoms with E-state index >= 15 is 0 Å². The lowest BCUT2D eigenvalue weighted by Crippen LogP contribution is -2.63. The summed E-state index contributed by atoms with van der Waals surface area (Å²) in [5.74, 6) is -0.148. The molecule has 3 rings (SSSR count). The third-order valence-corrected chi connectivity index (χ3v) is 4.09. The second-order valence-corrected chi connectivity index (χ2v) is 5.30. The number of hydrogen-bond donors (Lipinski definition) is 1. The van der Waals surface area contributed by atoms with Gasteiger partial charge in [0.1, 0.15) is 12.2 Å². The fourth-order valence-electron chi connectivity index (χ4n) is 3.13. The first-order chi connectivity index (χ1) is 9.16. The SMILES string of the molecule is Cn1nccc1C(=O)N1CC(=O)NC2CCCCC21. The topological polar surface area (TPSA) is 67.2 Å². The van der Waals surface area contributed by atoms with Crippen molar-refractivity contribution in [2.45, 2.75) is 37.8 Å². The van der Waals surface area contributed by atoms with Gasteiger partial charge in [0.2, 0.25) is 5.91 Å². The summed E-state index contributed by atoms with van der Waals surface area (Å²) in [6, 6.07) is 1.95. The van der Waals surface area contributed by atoms with Crippen LogP contribution in [0.1, 0.15) is 36.2 Å². The quantitative estimate of drug-likeness (QED) is 0.791. The fraction of sp³-hybridized carbons (Fsp3) is 0.615. The Labute approximate surface area is 111 Å². The van der Waals surface area contributed by atoms with Gasteiger partial charge in [-0.15, -0.1) is 0 Å². The number of carbonyl (C=O) groups is 2. The number of fused-ring (bicyclic) bond motifs is 1. The molecule has 1 saturated heterocycles. The Bertz CT molecular complexity index is 510. The number of amides is 2. The molecular formula is C13H18N4O2. The van der Waals surface area contributed by atoms with E-state index in [1.807, 2.05) is 0 Å². The molecule has 2 heterocycles. The van der Waals surface area contributed by atoms with Crippen molar-refractivity contribution in [1.82, 2.24) is 20.0 Å². The van der Waals surface area contributed by atoms with Gasteiger partial charge in [-0.3, -0.25) is 14.3 Å². The number of nitrogens with zero attached hydrogens (tertiary/aromatic N) is 3. The molecule has 2 atom stereocenters. The lowest BCUT2D eigenvalue weighted by molar-refractivity contribution is -0.127. The molecule has 1 saturated carbocycles. The molecule has 2 fully saturated rings. The summed E-state index contributed by atoms with van der Waals surface area (Å²) in [5.41, 5.74) is 0.541. The summed E-state index contributed by atoms with van der Waals surface area (Å²) in [6.07, 6.45) is 5.77. The van der Waals surface area contributed by atoms with E-state index in [0.29, 0.717) is 5.69 Å². The Morgan fingerprint density at radius 3 is 2.95 bits per heavy atom. The molecule has 102 valence electrons. The predicted molar refractivity (Wildman–Crippen MR) is 68.4 cm³/mol. The number of piperazine rings is 1. The van der Waals surface area contributed by atoms with Crippen LogP contribution in [0.25, 0.3) is 0 Å². The Kier molecular flexibility index (Phi) is 3.00. The van der Waals surface area contributed by atoms with Crippen molar-refractivity contribution in [3.05, 3.63) is 18.0 Å². The minimum Gasteiger partial charge on any atom is -0.350 e. The van der Waals surface area contributed by atoms with Crippen LogP contribution in [0.5, 0.6) is 0 Å². The smallest absolute Gasteiger partial charge is 0.272 e.